The molecule has 1 aliphatic carbocycles. The fourth-order valence-corrected chi connectivity index (χ4v) is 3.79. The number of piperazine rings is 1. The van der Waals surface area contributed by atoms with E-state index >= 15 is 0 Å². The van der Waals surface area contributed by atoms with Crippen molar-refractivity contribution in [3.05, 3.63) is 35.9 Å². The first kappa shape index (κ1) is 18.4. The summed E-state index contributed by atoms with van der Waals surface area (Å²) in [7, 11) is 3.96. The molecule has 2 aliphatic rings. The molecule has 0 radical (unpaired) electrons. The van der Waals surface area contributed by atoms with Crippen molar-refractivity contribution in [1.82, 2.24) is 14.7 Å². The predicted octanol–water partition coefficient (Wildman–Crippen LogP) is 1.08. The predicted molar refractivity (Wildman–Crippen MR) is 99.4 cm³/mol. The SMILES string of the molecule is CN1CCN(CC(O)CN(C)C(=O)C2(Cc3ccccc3)CC2)CC1. The minimum atomic E-state index is -0.482. The third-order valence-electron chi connectivity index (χ3n) is 5.59. The maximum Gasteiger partial charge on any atom is 0.228 e. The molecule has 1 aromatic rings. The molecular formula is C20H31N3O2. The van der Waals surface area contributed by atoms with Gasteiger partial charge in [0, 0.05) is 46.3 Å². The molecule has 25 heavy (non-hydrogen) atoms. The molecule has 1 heterocycles. The second kappa shape index (κ2) is 7.85. The number of benzene rings is 1. The molecule has 1 N–H and O–H groups in total. The molecule has 1 atom stereocenters. The number of hydrogen-bond acceptors (Lipinski definition) is 4. The van der Waals surface area contributed by atoms with Gasteiger partial charge in [0.15, 0.2) is 0 Å². The Balaban J connectivity index is 1.48. The minimum absolute atomic E-state index is 0.189. The van der Waals surface area contributed by atoms with Crippen LogP contribution in [0.4, 0.5) is 0 Å². The third-order valence-corrected chi connectivity index (χ3v) is 5.59. The number of rotatable bonds is 7. The van der Waals surface area contributed by atoms with E-state index in [0.717, 1.165) is 45.4 Å². The zero-order chi connectivity index (χ0) is 17.9. The van der Waals surface area contributed by atoms with Crippen LogP contribution in [0.5, 0.6) is 0 Å². The highest BCUT2D eigenvalue weighted by Gasteiger charge is 2.50. The summed E-state index contributed by atoms with van der Waals surface area (Å²) in [6.07, 6.45) is 2.25. The quantitative estimate of drug-likeness (QED) is 0.803. The highest BCUT2D eigenvalue weighted by atomic mass is 16.3. The molecule has 0 spiro atoms. The summed E-state index contributed by atoms with van der Waals surface area (Å²) in [4.78, 5) is 19.2. The van der Waals surface area contributed by atoms with Crippen LogP contribution in [0.2, 0.25) is 0 Å². The van der Waals surface area contributed by atoms with Crippen LogP contribution < -0.4 is 0 Å². The molecule has 1 amide bonds. The zero-order valence-electron chi connectivity index (χ0n) is 15.5. The lowest BCUT2D eigenvalue weighted by Gasteiger charge is -2.34. The topological polar surface area (TPSA) is 47.0 Å². The Morgan fingerprint density at radius 3 is 2.44 bits per heavy atom. The van der Waals surface area contributed by atoms with E-state index in [4.69, 9.17) is 0 Å². The van der Waals surface area contributed by atoms with E-state index < -0.39 is 6.10 Å². The van der Waals surface area contributed by atoms with Crippen molar-refractivity contribution >= 4 is 5.91 Å². The van der Waals surface area contributed by atoms with Gasteiger partial charge in [-0.3, -0.25) is 9.69 Å². The Kier molecular flexibility index (Phi) is 5.77. The number of β-amino-alcohol motifs (C(OH)–C–C–N with tert-alkyl or cyclic N) is 1. The molecule has 0 bridgehead atoms. The van der Waals surface area contributed by atoms with Crippen LogP contribution in [0.1, 0.15) is 18.4 Å². The van der Waals surface area contributed by atoms with Crippen LogP contribution >= 0.6 is 0 Å². The maximum absolute atomic E-state index is 12.9. The van der Waals surface area contributed by atoms with Gasteiger partial charge in [-0.25, -0.2) is 0 Å². The van der Waals surface area contributed by atoms with Crippen molar-refractivity contribution < 1.29 is 9.90 Å². The number of aliphatic hydroxyl groups is 1. The molecular weight excluding hydrogens is 314 g/mol. The van der Waals surface area contributed by atoms with Gasteiger partial charge < -0.3 is 14.9 Å². The molecule has 1 unspecified atom stereocenters. The van der Waals surface area contributed by atoms with Gasteiger partial charge in [-0.05, 0) is 31.9 Å². The summed E-state index contributed by atoms with van der Waals surface area (Å²) in [5.74, 6) is 0.189. The van der Waals surface area contributed by atoms with Crippen LogP contribution in [-0.4, -0.2) is 85.2 Å². The van der Waals surface area contributed by atoms with Gasteiger partial charge in [-0.2, -0.15) is 0 Å². The number of hydrogen-bond donors (Lipinski definition) is 1. The smallest absolute Gasteiger partial charge is 0.228 e. The van der Waals surface area contributed by atoms with Gasteiger partial charge >= 0.3 is 0 Å². The van der Waals surface area contributed by atoms with Crippen LogP contribution in [0.3, 0.4) is 0 Å². The van der Waals surface area contributed by atoms with Crippen LogP contribution in [-0.2, 0) is 11.2 Å². The molecule has 2 fully saturated rings. The number of likely N-dealkylation sites (N-methyl/N-ethyl adjacent to an activating group) is 2. The van der Waals surface area contributed by atoms with E-state index in [0.29, 0.717) is 13.1 Å². The Labute approximate surface area is 151 Å². The average Bonchev–Trinajstić information content (AvgIpc) is 3.37. The van der Waals surface area contributed by atoms with Gasteiger partial charge in [0.1, 0.15) is 0 Å². The van der Waals surface area contributed by atoms with Gasteiger partial charge in [0.2, 0.25) is 5.91 Å². The molecule has 138 valence electrons. The standard InChI is InChI=1S/C20H31N3O2/c1-21-10-12-23(13-11-21)16-18(24)15-22(2)19(25)20(8-9-20)14-17-6-4-3-5-7-17/h3-7,18,24H,8-16H2,1-2H3. The number of aliphatic hydroxyl groups excluding tert-OH is 1. The van der Waals surface area contributed by atoms with E-state index in [2.05, 4.69) is 29.0 Å². The van der Waals surface area contributed by atoms with Gasteiger partial charge in [0.25, 0.3) is 0 Å². The van der Waals surface area contributed by atoms with Gasteiger partial charge in [-0.1, -0.05) is 30.3 Å². The largest absolute Gasteiger partial charge is 0.390 e. The van der Waals surface area contributed by atoms with Crippen molar-refractivity contribution in [3.8, 4) is 0 Å². The second-order valence-electron chi connectivity index (χ2n) is 7.89. The first-order valence-corrected chi connectivity index (χ1v) is 9.37. The molecule has 5 nitrogen and oxygen atoms in total. The van der Waals surface area contributed by atoms with E-state index in [1.54, 1.807) is 4.90 Å². The lowest BCUT2D eigenvalue weighted by atomic mass is 9.95. The molecule has 1 saturated carbocycles. The highest BCUT2D eigenvalue weighted by molar-refractivity contribution is 5.85. The van der Waals surface area contributed by atoms with E-state index in [-0.39, 0.29) is 11.3 Å². The van der Waals surface area contributed by atoms with Crippen molar-refractivity contribution in [2.45, 2.75) is 25.4 Å². The third kappa shape index (κ3) is 4.81. The number of carbonyl (C=O) groups is 1. The summed E-state index contributed by atoms with van der Waals surface area (Å²) < 4.78 is 0. The number of amides is 1. The van der Waals surface area contributed by atoms with Gasteiger partial charge in [0.05, 0.1) is 11.5 Å². The zero-order valence-corrected chi connectivity index (χ0v) is 15.5. The van der Waals surface area contributed by atoms with Crippen LogP contribution in [0.25, 0.3) is 0 Å². The van der Waals surface area contributed by atoms with Crippen LogP contribution in [0.15, 0.2) is 30.3 Å². The first-order valence-electron chi connectivity index (χ1n) is 9.37. The lowest BCUT2D eigenvalue weighted by Crippen LogP contribution is -2.49. The Morgan fingerprint density at radius 1 is 1.20 bits per heavy atom. The van der Waals surface area contributed by atoms with Gasteiger partial charge in [-0.15, -0.1) is 0 Å². The van der Waals surface area contributed by atoms with E-state index in [1.807, 2.05) is 25.2 Å². The second-order valence-corrected chi connectivity index (χ2v) is 7.89. The van der Waals surface area contributed by atoms with E-state index in [1.165, 1.54) is 5.56 Å². The summed E-state index contributed by atoms with van der Waals surface area (Å²) in [5, 5.41) is 10.4. The maximum atomic E-state index is 12.9. The Hall–Kier alpha value is -1.43. The fraction of sp³-hybridized carbons (Fsp3) is 0.650. The van der Waals surface area contributed by atoms with Crippen molar-refractivity contribution in [2.24, 2.45) is 5.41 Å². The van der Waals surface area contributed by atoms with Crippen molar-refractivity contribution in [1.29, 1.82) is 0 Å². The fourth-order valence-electron chi connectivity index (χ4n) is 3.79. The average molecular weight is 345 g/mol. The molecule has 5 heteroatoms. The Morgan fingerprint density at radius 2 is 1.84 bits per heavy atom. The Bertz CT molecular complexity index is 566. The minimum Gasteiger partial charge on any atom is -0.390 e. The summed E-state index contributed by atoms with van der Waals surface area (Å²) in [5.41, 5.74) is 0.989. The number of carbonyl (C=O) groups excluding carboxylic acids is 1. The monoisotopic (exact) mass is 345 g/mol. The lowest BCUT2D eigenvalue weighted by molar-refractivity contribution is -0.137. The normalized spacial score (nSPS) is 21.7. The molecule has 1 aliphatic heterocycles. The molecule has 1 aromatic carbocycles. The van der Waals surface area contributed by atoms with E-state index in [9.17, 15) is 9.90 Å². The molecule has 3 rings (SSSR count). The summed E-state index contributed by atoms with van der Waals surface area (Å²) in [6, 6.07) is 10.2. The summed E-state index contributed by atoms with van der Waals surface area (Å²) in [6.45, 7) is 5.13. The van der Waals surface area contributed by atoms with Crippen LogP contribution in [0, 0.1) is 5.41 Å². The summed E-state index contributed by atoms with van der Waals surface area (Å²) >= 11 is 0. The highest BCUT2D eigenvalue weighted by Crippen LogP contribution is 2.49. The first-order chi connectivity index (χ1) is 12.0. The molecule has 0 aromatic heterocycles. The number of nitrogens with zero attached hydrogens (tertiary/aromatic N) is 3. The van der Waals surface area contributed by atoms with Crippen molar-refractivity contribution in [2.75, 3.05) is 53.4 Å². The van der Waals surface area contributed by atoms with Crippen molar-refractivity contribution in [3.63, 3.8) is 0 Å². The molecule has 1 saturated heterocycles.